The van der Waals surface area contributed by atoms with Crippen molar-refractivity contribution >= 4 is 24.5 Å². The van der Waals surface area contributed by atoms with Gasteiger partial charge in [0.15, 0.2) is 5.06 Å². The lowest BCUT2D eigenvalue weighted by Gasteiger charge is -2.31. The fraction of sp³-hybridized carbons (Fsp3) is 0.375. The second kappa shape index (κ2) is 5.81. The maximum absolute atomic E-state index is 12.5. The second-order valence-corrected chi connectivity index (χ2v) is 3.89. The molecular formula is C8H10BF3NO3S-. The fourth-order valence-corrected chi connectivity index (χ4v) is 1.66. The smallest absolute Gasteiger partial charge is 0.482 e. The molecule has 0 saturated carbocycles. The standard InChI is InChI=1S/C8H10BF3NO3S/c1-15-8(14)13(9(10,11)12)4-5-16-7-3-2-6-17-7/h2-3,6H,4-5H2,1H3/q-1. The van der Waals surface area contributed by atoms with Gasteiger partial charge in [0.05, 0.1) is 7.11 Å². The molecule has 1 amide bonds. The number of carbonyl (C=O) groups excluding carboxylic acids is 1. The van der Waals surface area contributed by atoms with Crippen molar-refractivity contribution in [1.82, 2.24) is 4.81 Å². The van der Waals surface area contributed by atoms with E-state index < -0.39 is 19.8 Å². The van der Waals surface area contributed by atoms with E-state index in [-0.39, 0.29) is 11.4 Å². The predicted octanol–water partition coefficient (Wildman–Crippen LogP) is 2.54. The van der Waals surface area contributed by atoms with E-state index >= 15 is 0 Å². The van der Waals surface area contributed by atoms with Crippen molar-refractivity contribution in [3.63, 3.8) is 0 Å². The molecule has 0 atom stereocenters. The van der Waals surface area contributed by atoms with Crippen LogP contribution in [0.1, 0.15) is 0 Å². The Morgan fingerprint density at radius 1 is 1.53 bits per heavy atom. The Balaban J connectivity index is 2.47. The maximum Gasteiger partial charge on any atom is 0.602 e. The average Bonchev–Trinajstić information content (AvgIpc) is 2.74. The summed E-state index contributed by atoms with van der Waals surface area (Å²) in [6.45, 7) is -0.828. The topological polar surface area (TPSA) is 38.8 Å². The summed E-state index contributed by atoms with van der Waals surface area (Å²) in [5.41, 5.74) is 0. The highest BCUT2D eigenvalue weighted by Gasteiger charge is 2.37. The minimum atomic E-state index is -5.42. The van der Waals surface area contributed by atoms with Crippen LogP contribution in [0.4, 0.5) is 17.7 Å². The molecular weight excluding hydrogens is 258 g/mol. The number of rotatable bonds is 5. The molecule has 0 aliphatic carbocycles. The number of halogens is 3. The van der Waals surface area contributed by atoms with E-state index in [1.807, 2.05) is 0 Å². The third kappa shape index (κ3) is 4.18. The number of amides is 1. The summed E-state index contributed by atoms with van der Waals surface area (Å²) < 4.78 is 46.5. The highest BCUT2D eigenvalue weighted by molar-refractivity contribution is 7.11. The van der Waals surface area contributed by atoms with Crippen molar-refractivity contribution in [3.8, 4) is 5.06 Å². The van der Waals surface area contributed by atoms with Gasteiger partial charge in [0, 0.05) is 6.54 Å². The quantitative estimate of drug-likeness (QED) is 0.770. The van der Waals surface area contributed by atoms with Gasteiger partial charge >= 0.3 is 13.2 Å². The van der Waals surface area contributed by atoms with Crippen molar-refractivity contribution in [2.24, 2.45) is 0 Å². The average molecular weight is 268 g/mol. The van der Waals surface area contributed by atoms with Crippen molar-refractivity contribution in [2.75, 3.05) is 20.3 Å². The van der Waals surface area contributed by atoms with Crippen LogP contribution in [0.5, 0.6) is 5.06 Å². The Labute approximate surface area is 100 Å². The first kappa shape index (κ1) is 13.7. The lowest BCUT2D eigenvalue weighted by atomic mass is 10.1. The number of methoxy groups -OCH3 is 1. The molecule has 0 spiro atoms. The molecule has 0 aromatic carbocycles. The molecule has 0 unspecified atom stereocenters. The zero-order chi connectivity index (χ0) is 12.9. The van der Waals surface area contributed by atoms with Gasteiger partial charge in [0.2, 0.25) is 0 Å². The largest absolute Gasteiger partial charge is 0.602 e. The summed E-state index contributed by atoms with van der Waals surface area (Å²) in [6.07, 6.45) is -1.42. The van der Waals surface area contributed by atoms with Gasteiger partial charge in [-0.05, 0) is 17.5 Å². The van der Waals surface area contributed by atoms with Gasteiger partial charge in [-0.2, -0.15) is 0 Å². The monoisotopic (exact) mass is 268 g/mol. The third-order valence-electron chi connectivity index (χ3n) is 1.83. The third-order valence-corrected chi connectivity index (χ3v) is 2.61. The van der Waals surface area contributed by atoms with E-state index in [0.29, 0.717) is 5.06 Å². The van der Waals surface area contributed by atoms with Gasteiger partial charge < -0.3 is 27.2 Å². The zero-order valence-corrected chi connectivity index (χ0v) is 9.75. The number of nitrogens with zero attached hydrogens (tertiary/aromatic N) is 1. The first-order chi connectivity index (χ1) is 7.95. The highest BCUT2D eigenvalue weighted by atomic mass is 32.1. The summed E-state index contributed by atoms with van der Waals surface area (Å²) in [4.78, 5) is 10.6. The second-order valence-electron chi connectivity index (χ2n) is 2.98. The molecule has 0 fully saturated rings. The highest BCUT2D eigenvalue weighted by Crippen LogP contribution is 2.19. The molecule has 0 radical (unpaired) electrons. The Hall–Kier alpha value is -1.38. The SMILES string of the molecule is COC(=O)N(CCOc1cccs1)[B-](F)(F)F. The van der Waals surface area contributed by atoms with E-state index in [2.05, 4.69) is 4.74 Å². The van der Waals surface area contributed by atoms with Crippen LogP contribution in [0.15, 0.2) is 17.5 Å². The number of carbonyl (C=O) groups is 1. The molecule has 96 valence electrons. The van der Waals surface area contributed by atoms with Crippen molar-refractivity contribution < 1.29 is 27.2 Å². The van der Waals surface area contributed by atoms with Crippen LogP contribution in [0, 0.1) is 0 Å². The molecule has 0 bridgehead atoms. The lowest BCUT2D eigenvalue weighted by Crippen LogP contribution is -2.49. The molecule has 1 aromatic rings. The van der Waals surface area contributed by atoms with Crippen LogP contribution in [-0.4, -0.2) is 38.3 Å². The molecule has 1 rings (SSSR count). The normalized spacial score (nSPS) is 11.1. The lowest BCUT2D eigenvalue weighted by molar-refractivity contribution is 0.126. The molecule has 0 N–H and O–H groups in total. The van der Waals surface area contributed by atoms with E-state index in [0.717, 1.165) is 7.11 Å². The Morgan fingerprint density at radius 2 is 2.24 bits per heavy atom. The molecule has 4 nitrogen and oxygen atoms in total. The van der Waals surface area contributed by atoms with Crippen LogP contribution in [0.2, 0.25) is 0 Å². The van der Waals surface area contributed by atoms with Gasteiger partial charge in [-0.1, -0.05) is 0 Å². The van der Waals surface area contributed by atoms with Gasteiger partial charge in [-0.15, -0.1) is 11.3 Å². The van der Waals surface area contributed by atoms with Crippen molar-refractivity contribution in [3.05, 3.63) is 17.5 Å². The zero-order valence-electron chi connectivity index (χ0n) is 8.94. The molecule has 0 aliphatic rings. The van der Waals surface area contributed by atoms with Gasteiger partial charge in [0.25, 0.3) is 0 Å². The maximum atomic E-state index is 12.5. The van der Waals surface area contributed by atoms with Crippen molar-refractivity contribution in [2.45, 2.75) is 0 Å². The van der Waals surface area contributed by atoms with E-state index in [9.17, 15) is 17.7 Å². The first-order valence-corrected chi connectivity index (χ1v) is 5.54. The fourth-order valence-electron chi connectivity index (χ4n) is 1.06. The molecule has 0 aliphatic heterocycles. The van der Waals surface area contributed by atoms with Gasteiger partial charge in [-0.25, -0.2) is 4.79 Å². The Kier molecular flexibility index (Phi) is 4.67. The van der Waals surface area contributed by atoms with Crippen molar-refractivity contribution in [1.29, 1.82) is 0 Å². The summed E-state index contributed by atoms with van der Waals surface area (Å²) in [5.74, 6) is 0. The number of hydrogen-bond donors (Lipinski definition) is 0. The number of thiophene rings is 1. The summed E-state index contributed by atoms with van der Waals surface area (Å²) in [6, 6.07) is 3.34. The van der Waals surface area contributed by atoms with Crippen LogP contribution in [0.25, 0.3) is 0 Å². The predicted molar refractivity (Wildman–Crippen MR) is 58.0 cm³/mol. The van der Waals surface area contributed by atoms with Gasteiger partial charge in [-0.3, -0.25) is 0 Å². The Morgan fingerprint density at radius 3 is 2.71 bits per heavy atom. The summed E-state index contributed by atoms with van der Waals surface area (Å²) in [5, 5.41) is 2.24. The number of ether oxygens (including phenoxy) is 2. The minimum absolute atomic E-state index is 0.239. The van der Waals surface area contributed by atoms with Crippen LogP contribution >= 0.6 is 11.3 Å². The molecule has 17 heavy (non-hydrogen) atoms. The number of hydrogen-bond acceptors (Lipinski definition) is 4. The van der Waals surface area contributed by atoms with Crippen LogP contribution in [-0.2, 0) is 4.74 Å². The molecule has 9 heteroatoms. The van der Waals surface area contributed by atoms with E-state index in [1.165, 1.54) is 11.3 Å². The van der Waals surface area contributed by atoms with E-state index in [4.69, 9.17) is 4.74 Å². The molecule has 1 heterocycles. The van der Waals surface area contributed by atoms with Crippen LogP contribution in [0.3, 0.4) is 0 Å². The van der Waals surface area contributed by atoms with E-state index in [1.54, 1.807) is 17.5 Å². The molecule has 1 aromatic heterocycles. The summed E-state index contributed by atoms with van der Waals surface area (Å²) in [7, 11) is -4.52. The minimum Gasteiger partial charge on any atom is -0.482 e. The Bertz CT molecular complexity index is 357. The van der Waals surface area contributed by atoms with Gasteiger partial charge in [0.1, 0.15) is 6.61 Å². The first-order valence-electron chi connectivity index (χ1n) is 4.66. The summed E-state index contributed by atoms with van der Waals surface area (Å²) >= 11 is 1.26. The molecule has 0 saturated heterocycles. The van der Waals surface area contributed by atoms with Crippen LogP contribution < -0.4 is 4.74 Å².